The van der Waals surface area contributed by atoms with Gasteiger partial charge >= 0.3 is 12.1 Å². The van der Waals surface area contributed by atoms with E-state index in [0.29, 0.717) is 9.96 Å². The topological polar surface area (TPSA) is 87.2 Å². The molecular weight excluding hydrogens is 326 g/mol. The molecule has 0 saturated carbocycles. The van der Waals surface area contributed by atoms with Gasteiger partial charge in [0.25, 0.3) is 5.91 Å². The van der Waals surface area contributed by atoms with Crippen LogP contribution in [0, 0.1) is 0 Å². The van der Waals surface area contributed by atoms with Crippen molar-refractivity contribution in [2.24, 2.45) is 0 Å². The van der Waals surface area contributed by atoms with Gasteiger partial charge in [0, 0.05) is 20.2 Å². The summed E-state index contributed by atoms with van der Waals surface area (Å²) < 4.78 is 0. The normalized spacial score (nSPS) is 10.2. The van der Waals surface area contributed by atoms with E-state index < -0.39 is 24.6 Å². The molecule has 0 aliphatic heterocycles. The summed E-state index contributed by atoms with van der Waals surface area (Å²) in [7, 11) is 2.90. The first-order valence-corrected chi connectivity index (χ1v) is 7.51. The Bertz CT molecular complexity index is 643. The fraction of sp³-hybridized carbons (Fsp3) is 0.294. The van der Waals surface area contributed by atoms with Gasteiger partial charge in [0.15, 0.2) is 0 Å². The maximum Gasteiger partial charge on any atom is 0.433 e. The van der Waals surface area contributed by atoms with Gasteiger partial charge in [-0.1, -0.05) is 30.3 Å². The van der Waals surface area contributed by atoms with Gasteiger partial charge in [-0.25, -0.2) is 9.59 Å². The molecular formula is C17H20N3O5. The van der Waals surface area contributed by atoms with Crippen LogP contribution in [0.1, 0.15) is 12.5 Å². The molecule has 0 fully saturated rings. The van der Waals surface area contributed by atoms with Gasteiger partial charge in [-0.15, -0.1) is 0 Å². The summed E-state index contributed by atoms with van der Waals surface area (Å²) in [5, 5.41) is 0.702. The minimum Gasteiger partial charge on any atom is -0.317 e. The van der Waals surface area contributed by atoms with Gasteiger partial charge < -0.3 is 9.74 Å². The van der Waals surface area contributed by atoms with E-state index >= 15 is 0 Å². The number of carbonyl (C=O) groups excluding carboxylic acids is 4. The number of hydroxylamine groups is 2. The Morgan fingerprint density at radius 1 is 1.16 bits per heavy atom. The van der Waals surface area contributed by atoms with Gasteiger partial charge in [-0.3, -0.25) is 14.5 Å². The van der Waals surface area contributed by atoms with Crippen molar-refractivity contribution < 1.29 is 24.0 Å². The van der Waals surface area contributed by atoms with Gasteiger partial charge in [0.1, 0.15) is 0 Å². The molecule has 0 heterocycles. The third-order valence-corrected chi connectivity index (χ3v) is 2.99. The van der Waals surface area contributed by atoms with Crippen LogP contribution in [-0.4, -0.2) is 66.4 Å². The van der Waals surface area contributed by atoms with Crippen molar-refractivity contribution in [3.05, 3.63) is 42.0 Å². The Labute approximate surface area is 146 Å². The molecule has 0 unspecified atom stereocenters. The Balaban J connectivity index is 2.90. The van der Waals surface area contributed by atoms with E-state index in [-0.39, 0.29) is 6.54 Å². The average Bonchev–Trinajstić information content (AvgIpc) is 2.62. The predicted molar refractivity (Wildman–Crippen MR) is 90.8 cm³/mol. The van der Waals surface area contributed by atoms with Crippen LogP contribution in [0.25, 0.3) is 6.08 Å². The zero-order valence-corrected chi connectivity index (χ0v) is 14.3. The van der Waals surface area contributed by atoms with Crippen LogP contribution in [0.5, 0.6) is 0 Å². The van der Waals surface area contributed by atoms with Crippen LogP contribution in [-0.2, 0) is 14.4 Å². The molecule has 4 amide bonds. The monoisotopic (exact) mass is 346 g/mol. The van der Waals surface area contributed by atoms with Crippen molar-refractivity contribution >= 4 is 30.4 Å². The molecule has 0 spiro atoms. The first-order chi connectivity index (χ1) is 11.9. The molecule has 25 heavy (non-hydrogen) atoms. The van der Waals surface area contributed by atoms with Crippen LogP contribution >= 0.6 is 0 Å². The summed E-state index contributed by atoms with van der Waals surface area (Å²) in [5.74, 6) is -0.725. The van der Waals surface area contributed by atoms with Crippen LogP contribution in [0.3, 0.4) is 0 Å². The van der Waals surface area contributed by atoms with Crippen molar-refractivity contribution in [1.29, 1.82) is 0 Å². The standard InChI is InChI=1S/C17H20N3O5/c1-4-20(25-17(24)18(2)3)16(23)19(12-13-21)15(22)11-10-14-8-6-5-7-9-14/h5-11H,4,12H2,1-3H3. The molecule has 0 aromatic heterocycles. The summed E-state index contributed by atoms with van der Waals surface area (Å²) in [6, 6.07) is 8.05. The van der Waals surface area contributed by atoms with Crippen LogP contribution < -0.4 is 0 Å². The molecule has 0 atom stereocenters. The first kappa shape index (κ1) is 19.9. The third-order valence-electron chi connectivity index (χ3n) is 2.99. The van der Waals surface area contributed by atoms with E-state index in [1.807, 2.05) is 6.07 Å². The molecule has 1 radical (unpaired) electrons. The molecule has 1 rings (SSSR count). The second kappa shape index (κ2) is 9.86. The average molecular weight is 346 g/mol. The molecule has 1 aromatic rings. The van der Waals surface area contributed by atoms with Crippen molar-refractivity contribution in [1.82, 2.24) is 14.9 Å². The first-order valence-electron chi connectivity index (χ1n) is 7.51. The Kier molecular flexibility index (Phi) is 7.85. The molecule has 0 aliphatic carbocycles. The minimum absolute atomic E-state index is 0.00342. The molecule has 1 aromatic carbocycles. The number of hydrogen-bond donors (Lipinski definition) is 0. The maximum atomic E-state index is 12.4. The molecule has 8 heteroatoms. The zero-order chi connectivity index (χ0) is 18.8. The summed E-state index contributed by atoms with van der Waals surface area (Å²) >= 11 is 0. The lowest BCUT2D eigenvalue weighted by Crippen LogP contribution is -2.48. The van der Waals surface area contributed by atoms with Gasteiger partial charge in [-0.05, 0) is 18.6 Å². The van der Waals surface area contributed by atoms with E-state index in [2.05, 4.69) is 0 Å². The highest BCUT2D eigenvalue weighted by molar-refractivity contribution is 6.03. The summed E-state index contributed by atoms with van der Waals surface area (Å²) in [6.45, 7) is 0.990. The van der Waals surface area contributed by atoms with Crippen molar-refractivity contribution in [2.75, 3.05) is 27.2 Å². The van der Waals surface area contributed by atoms with Gasteiger partial charge in [0.05, 0.1) is 13.1 Å². The Morgan fingerprint density at radius 3 is 2.32 bits per heavy atom. The lowest BCUT2D eigenvalue weighted by atomic mass is 10.2. The summed E-state index contributed by atoms with van der Waals surface area (Å²) in [6.07, 6.45) is 3.39. The SMILES string of the molecule is CCN(OC(=O)N(C)C)C(=O)N(C[C]=O)C(=O)C=Cc1ccccc1. The Hall–Kier alpha value is -3.16. The predicted octanol–water partition coefficient (Wildman–Crippen LogP) is 1.69. The molecule has 0 saturated heterocycles. The Morgan fingerprint density at radius 2 is 1.80 bits per heavy atom. The summed E-state index contributed by atoms with van der Waals surface area (Å²) in [4.78, 5) is 53.6. The number of carbonyl (C=O) groups is 3. The lowest BCUT2D eigenvalue weighted by Gasteiger charge is -2.26. The fourth-order valence-corrected chi connectivity index (χ4v) is 1.68. The number of hydrogen-bond acceptors (Lipinski definition) is 5. The smallest absolute Gasteiger partial charge is 0.317 e. The van der Waals surface area contributed by atoms with Crippen LogP contribution in [0.4, 0.5) is 9.59 Å². The maximum absolute atomic E-state index is 12.4. The fourth-order valence-electron chi connectivity index (χ4n) is 1.68. The molecule has 133 valence electrons. The second-order valence-electron chi connectivity index (χ2n) is 5.04. The van der Waals surface area contributed by atoms with E-state index in [0.717, 1.165) is 16.5 Å². The molecule has 0 bridgehead atoms. The van der Waals surface area contributed by atoms with Gasteiger partial charge in [-0.2, -0.15) is 5.06 Å². The van der Waals surface area contributed by atoms with Crippen molar-refractivity contribution in [3.8, 4) is 0 Å². The van der Waals surface area contributed by atoms with Crippen molar-refractivity contribution in [3.63, 3.8) is 0 Å². The van der Waals surface area contributed by atoms with E-state index in [9.17, 15) is 19.2 Å². The number of imide groups is 1. The quantitative estimate of drug-likeness (QED) is 0.598. The van der Waals surface area contributed by atoms with E-state index in [1.54, 1.807) is 31.2 Å². The number of benzene rings is 1. The highest BCUT2D eigenvalue weighted by Crippen LogP contribution is 2.06. The number of nitrogens with zero attached hydrogens (tertiary/aromatic N) is 3. The van der Waals surface area contributed by atoms with Gasteiger partial charge in [0.2, 0.25) is 6.29 Å². The van der Waals surface area contributed by atoms with E-state index in [1.165, 1.54) is 26.5 Å². The highest BCUT2D eigenvalue weighted by atomic mass is 16.7. The lowest BCUT2D eigenvalue weighted by molar-refractivity contribution is -0.127. The zero-order valence-electron chi connectivity index (χ0n) is 14.3. The number of urea groups is 1. The summed E-state index contributed by atoms with van der Waals surface area (Å²) in [5.41, 5.74) is 0.754. The molecule has 0 aliphatic rings. The third kappa shape index (κ3) is 6.09. The van der Waals surface area contributed by atoms with Crippen LogP contribution in [0.2, 0.25) is 0 Å². The number of rotatable bonds is 5. The highest BCUT2D eigenvalue weighted by Gasteiger charge is 2.27. The minimum atomic E-state index is -0.927. The molecule has 8 nitrogen and oxygen atoms in total. The largest absolute Gasteiger partial charge is 0.433 e. The van der Waals surface area contributed by atoms with Crippen molar-refractivity contribution in [2.45, 2.75) is 6.92 Å². The second-order valence-corrected chi connectivity index (χ2v) is 5.04. The number of amides is 4. The van der Waals surface area contributed by atoms with E-state index in [4.69, 9.17) is 4.84 Å². The molecule has 0 N–H and O–H groups in total. The van der Waals surface area contributed by atoms with Crippen LogP contribution in [0.15, 0.2) is 36.4 Å².